The smallest absolute Gasteiger partial charge is 0.226 e. The molecule has 0 bridgehead atoms. The predicted octanol–water partition coefficient (Wildman–Crippen LogP) is 2.36. The second-order valence-electron chi connectivity index (χ2n) is 7.42. The Morgan fingerprint density at radius 1 is 1.30 bits per heavy atom. The molecular formula is C18H25ClN2O2. The maximum Gasteiger partial charge on any atom is 0.226 e. The topological polar surface area (TPSA) is 43.8 Å². The van der Waals surface area contributed by atoms with E-state index in [9.17, 15) is 9.90 Å². The van der Waals surface area contributed by atoms with Gasteiger partial charge in [-0.15, -0.1) is 0 Å². The van der Waals surface area contributed by atoms with Crippen molar-refractivity contribution in [2.45, 2.75) is 31.8 Å². The zero-order valence-electron chi connectivity index (χ0n) is 13.8. The lowest BCUT2D eigenvalue weighted by molar-refractivity contribution is -0.134. The summed E-state index contributed by atoms with van der Waals surface area (Å²) in [6, 6.07) is 7.85. The molecular weight excluding hydrogens is 312 g/mol. The van der Waals surface area contributed by atoms with Crippen molar-refractivity contribution < 1.29 is 9.90 Å². The van der Waals surface area contributed by atoms with Gasteiger partial charge in [-0.05, 0) is 43.9 Å². The molecule has 0 spiro atoms. The number of hydrogen-bond donors (Lipinski definition) is 1. The van der Waals surface area contributed by atoms with E-state index < -0.39 is 5.60 Å². The van der Waals surface area contributed by atoms with E-state index >= 15 is 0 Å². The summed E-state index contributed by atoms with van der Waals surface area (Å²) in [5.41, 5.74) is 0.497. The van der Waals surface area contributed by atoms with Gasteiger partial charge in [0.05, 0.1) is 5.60 Å². The molecule has 0 unspecified atom stereocenters. The zero-order chi connectivity index (χ0) is 16.6. The number of benzene rings is 1. The van der Waals surface area contributed by atoms with Crippen LogP contribution in [0, 0.1) is 5.92 Å². The van der Waals surface area contributed by atoms with Gasteiger partial charge >= 0.3 is 0 Å². The second kappa shape index (κ2) is 6.42. The van der Waals surface area contributed by atoms with Crippen LogP contribution in [0.4, 0.5) is 0 Å². The van der Waals surface area contributed by atoms with Crippen LogP contribution in [0.5, 0.6) is 0 Å². The summed E-state index contributed by atoms with van der Waals surface area (Å²) in [7, 11) is 0. The van der Waals surface area contributed by atoms with Crippen molar-refractivity contribution in [3.8, 4) is 0 Å². The maximum atomic E-state index is 12.6. The molecule has 1 aromatic carbocycles. The lowest BCUT2D eigenvalue weighted by atomic mass is 10.1. The van der Waals surface area contributed by atoms with Crippen LogP contribution in [0.3, 0.4) is 0 Å². The first-order valence-corrected chi connectivity index (χ1v) is 8.70. The Morgan fingerprint density at radius 3 is 2.61 bits per heavy atom. The summed E-state index contributed by atoms with van der Waals surface area (Å²) in [5.74, 6) is 0.725. The highest BCUT2D eigenvalue weighted by atomic mass is 35.5. The fraction of sp³-hybridized carbons (Fsp3) is 0.611. The number of amides is 1. The minimum absolute atomic E-state index is 0.120. The number of carbonyl (C=O) groups is 1. The Hall–Kier alpha value is -1.10. The molecule has 23 heavy (non-hydrogen) atoms. The first kappa shape index (κ1) is 16.7. The van der Waals surface area contributed by atoms with Gasteiger partial charge in [0, 0.05) is 43.7 Å². The Morgan fingerprint density at radius 2 is 2.00 bits per heavy atom. The molecule has 1 N–H and O–H groups in total. The molecule has 1 saturated carbocycles. The summed E-state index contributed by atoms with van der Waals surface area (Å²) in [6.45, 7) is 7.49. The fourth-order valence-corrected chi connectivity index (χ4v) is 3.68. The van der Waals surface area contributed by atoms with E-state index in [1.165, 1.54) is 5.56 Å². The molecule has 4 nitrogen and oxygen atoms in total. The average Bonchev–Trinajstić information content (AvgIpc) is 3.26. The van der Waals surface area contributed by atoms with Crippen LogP contribution in [0.1, 0.15) is 31.7 Å². The van der Waals surface area contributed by atoms with Crippen molar-refractivity contribution in [2.24, 2.45) is 5.92 Å². The molecule has 2 fully saturated rings. The molecule has 1 aliphatic heterocycles. The van der Waals surface area contributed by atoms with Gasteiger partial charge in [0.2, 0.25) is 5.91 Å². The van der Waals surface area contributed by atoms with E-state index in [0.29, 0.717) is 12.5 Å². The lowest BCUT2D eigenvalue weighted by Gasteiger charge is -2.37. The van der Waals surface area contributed by atoms with Gasteiger partial charge in [-0.1, -0.05) is 23.7 Å². The summed E-state index contributed by atoms with van der Waals surface area (Å²) >= 11 is 6.04. The van der Waals surface area contributed by atoms with Crippen molar-refractivity contribution in [3.63, 3.8) is 0 Å². The molecule has 5 heteroatoms. The summed E-state index contributed by atoms with van der Waals surface area (Å²) in [5, 5.41) is 10.6. The summed E-state index contributed by atoms with van der Waals surface area (Å²) < 4.78 is 0. The van der Waals surface area contributed by atoms with E-state index in [0.717, 1.165) is 37.6 Å². The average molecular weight is 337 g/mol. The first-order valence-electron chi connectivity index (χ1n) is 8.32. The number of halogens is 1. The van der Waals surface area contributed by atoms with Crippen LogP contribution in [0.15, 0.2) is 24.3 Å². The molecule has 2 aliphatic rings. The largest absolute Gasteiger partial charge is 0.389 e. The number of nitrogens with zero attached hydrogens (tertiary/aromatic N) is 2. The SMILES string of the molecule is CC(C)(O)CN1CCN(C(=O)[C@@H]2C[C@@H]2c2cccc(Cl)c2)CC1. The van der Waals surface area contributed by atoms with Crippen LogP contribution in [-0.4, -0.2) is 59.1 Å². The number of β-amino-alcohol motifs (C(OH)–C–C–N with tert-alkyl or cyclic N) is 1. The third-order valence-electron chi connectivity index (χ3n) is 4.68. The molecule has 3 rings (SSSR count). The molecule has 1 aliphatic carbocycles. The third kappa shape index (κ3) is 4.25. The van der Waals surface area contributed by atoms with E-state index in [1.807, 2.05) is 36.9 Å². The number of carbonyl (C=O) groups excluding carboxylic acids is 1. The number of hydrogen-bond acceptors (Lipinski definition) is 3. The maximum absolute atomic E-state index is 12.6. The molecule has 1 heterocycles. The van der Waals surface area contributed by atoms with Gasteiger partial charge in [0.1, 0.15) is 0 Å². The normalized spacial score (nSPS) is 25.5. The molecule has 2 atom stereocenters. The van der Waals surface area contributed by atoms with Crippen LogP contribution in [0.2, 0.25) is 5.02 Å². The van der Waals surface area contributed by atoms with Gasteiger partial charge in [-0.25, -0.2) is 0 Å². The van der Waals surface area contributed by atoms with Crippen LogP contribution >= 0.6 is 11.6 Å². The van der Waals surface area contributed by atoms with E-state index in [4.69, 9.17) is 11.6 Å². The Labute approximate surface area is 143 Å². The van der Waals surface area contributed by atoms with Gasteiger partial charge in [0.25, 0.3) is 0 Å². The number of rotatable bonds is 4. The summed E-state index contributed by atoms with van der Waals surface area (Å²) in [6.07, 6.45) is 0.934. The molecule has 126 valence electrons. The fourth-order valence-electron chi connectivity index (χ4n) is 3.48. The van der Waals surface area contributed by atoms with Crippen LogP contribution in [-0.2, 0) is 4.79 Å². The monoisotopic (exact) mass is 336 g/mol. The molecule has 0 radical (unpaired) electrons. The van der Waals surface area contributed by atoms with Crippen molar-refractivity contribution in [3.05, 3.63) is 34.9 Å². The highest BCUT2D eigenvalue weighted by Gasteiger charge is 2.46. The number of piperazine rings is 1. The Bertz CT molecular complexity index is 577. The van der Waals surface area contributed by atoms with Crippen molar-refractivity contribution in [2.75, 3.05) is 32.7 Å². The number of aliphatic hydroxyl groups is 1. The van der Waals surface area contributed by atoms with Crippen molar-refractivity contribution >= 4 is 17.5 Å². The van der Waals surface area contributed by atoms with Gasteiger partial charge < -0.3 is 10.0 Å². The minimum atomic E-state index is -0.680. The van der Waals surface area contributed by atoms with Crippen LogP contribution in [0.25, 0.3) is 0 Å². The highest BCUT2D eigenvalue weighted by molar-refractivity contribution is 6.30. The predicted molar refractivity (Wildman–Crippen MR) is 91.6 cm³/mol. The zero-order valence-corrected chi connectivity index (χ0v) is 14.6. The van der Waals surface area contributed by atoms with Gasteiger partial charge in [0.15, 0.2) is 0 Å². The van der Waals surface area contributed by atoms with Crippen molar-refractivity contribution in [1.29, 1.82) is 0 Å². The van der Waals surface area contributed by atoms with E-state index in [-0.39, 0.29) is 11.8 Å². The lowest BCUT2D eigenvalue weighted by Crippen LogP contribution is -2.52. The van der Waals surface area contributed by atoms with Crippen LogP contribution < -0.4 is 0 Å². The first-order chi connectivity index (χ1) is 10.8. The molecule has 1 saturated heterocycles. The quantitative estimate of drug-likeness (QED) is 0.918. The Kier molecular flexibility index (Phi) is 4.68. The van der Waals surface area contributed by atoms with E-state index in [1.54, 1.807) is 0 Å². The summed E-state index contributed by atoms with van der Waals surface area (Å²) in [4.78, 5) is 16.9. The third-order valence-corrected chi connectivity index (χ3v) is 4.91. The highest BCUT2D eigenvalue weighted by Crippen LogP contribution is 2.48. The Balaban J connectivity index is 1.51. The standard InChI is InChI=1S/C18H25ClN2O2/c1-18(2,23)12-20-6-8-21(9-7-20)17(22)16-11-15(16)13-4-3-5-14(19)10-13/h3-5,10,15-16,23H,6-9,11-12H2,1-2H3/t15-,16-/m1/s1. The van der Waals surface area contributed by atoms with Gasteiger partial charge in [-0.2, -0.15) is 0 Å². The molecule has 1 aromatic rings. The second-order valence-corrected chi connectivity index (χ2v) is 7.85. The minimum Gasteiger partial charge on any atom is -0.389 e. The van der Waals surface area contributed by atoms with Gasteiger partial charge in [-0.3, -0.25) is 9.69 Å². The molecule has 0 aromatic heterocycles. The molecule has 1 amide bonds. The van der Waals surface area contributed by atoms with Crippen molar-refractivity contribution in [1.82, 2.24) is 9.80 Å². The van der Waals surface area contributed by atoms with E-state index in [2.05, 4.69) is 11.0 Å².